The molecule has 0 unspecified atom stereocenters. The molecule has 2 aromatic heterocycles. The van der Waals surface area contributed by atoms with Crippen LogP contribution in [0.1, 0.15) is 42.9 Å². The van der Waals surface area contributed by atoms with Gasteiger partial charge >= 0.3 is 0 Å². The predicted octanol–water partition coefficient (Wildman–Crippen LogP) is 4.14. The van der Waals surface area contributed by atoms with Crippen molar-refractivity contribution in [3.05, 3.63) is 71.4 Å². The van der Waals surface area contributed by atoms with Gasteiger partial charge in [-0.05, 0) is 61.9 Å². The second-order valence-electron chi connectivity index (χ2n) is 8.73. The highest BCUT2D eigenvalue weighted by Crippen LogP contribution is 2.33. The molecule has 4 N–H and O–H groups in total. The number of nitrogens with one attached hydrogen (secondary N) is 1. The zero-order valence-corrected chi connectivity index (χ0v) is 19.1. The van der Waals surface area contributed by atoms with Crippen LogP contribution in [-0.4, -0.2) is 40.8 Å². The summed E-state index contributed by atoms with van der Waals surface area (Å²) in [6, 6.07) is 8.63. The highest BCUT2D eigenvalue weighted by molar-refractivity contribution is 5.78. The summed E-state index contributed by atoms with van der Waals surface area (Å²) in [5, 5.41) is 14.5. The van der Waals surface area contributed by atoms with Crippen molar-refractivity contribution in [2.45, 2.75) is 43.9 Å². The van der Waals surface area contributed by atoms with Crippen LogP contribution < -0.4 is 15.8 Å². The van der Waals surface area contributed by atoms with Crippen molar-refractivity contribution in [3.8, 4) is 5.88 Å². The molecule has 0 amide bonds. The Morgan fingerprint density at radius 3 is 2.74 bits per heavy atom. The normalized spacial score (nSPS) is 20.5. The van der Waals surface area contributed by atoms with Gasteiger partial charge in [-0.25, -0.2) is 13.8 Å². The van der Waals surface area contributed by atoms with Gasteiger partial charge in [0.25, 0.3) is 0 Å². The summed E-state index contributed by atoms with van der Waals surface area (Å²) in [5.41, 5.74) is 8.69. The monoisotopic (exact) mass is 468 g/mol. The van der Waals surface area contributed by atoms with E-state index in [1.807, 2.05) is 6.07 Å². The number of hydrogen-bond donors (Lipinski definition) is 3. The Bertz CT molecular complexity index is 1150. The Hall–Kier alpha value is -2.94. The van der Waals surface area contributed by atoms with E-state index in [1.54, 1.807) is 37.6 Å². The molecular formula is C26H30F2N4O2. The zero-order valence-electron chi connectivity index (χ0n) is 19.1. The summed E-state index contributed by atoms with van der Waals surface area (Å²) in [4.78, 5) is 8.79. The number of methoxy groups -OCH3 is 1. The van der Waals surface area contributed by atoms with Crippen LogP contribution in [0.25, 0.3) is 17.1 Å². The van der Waals surface area contributed by atoms with Gasteiger partial charge in [-0.15, -0.1) is 0 Å². The summed E-state index contributed by atoms with van der Waals surface area (Å²) in [6.07, 6.45) is 7.82. The summed E-state index contributed by atoms with van der Waals surface area (Å²) >= 11 is 0. The number of pyridine rings is 2. The summed E-state index contributed by atoms with van der Waals surface area (Å²) in [6.45, 7) is 0.566. The number of hydrogen-bond acceptors (Lipinski definition) is 6. The van der Waals surface area contributed by atoms with E-state index >= 15 is 0 Å². The van der Waals surface area contributed by atoms with Crippen LogP contribution in [0.2, 0.25) is 0 Å². The van der Waals surface area contributed by atoms with E-state index in [4.69, 9.17) is 10.5 Å². The first-order chi connectivity index (χ1) is 16.5. The number of ether oxygens (including phenoxy) is 1. The Kier molecular flexibility index (Phi) is 7.82. The number of aliphatic hydroxyl groups excluding tert-OH is 1. The largest absolute Gasteiger partial charge is 0.481 e. The maximum absolute atomic E-state index is 13.7. The van der Waals surface area contributed by atoms with E-state index in [1.165, 1.54) is 6.07 Å². The Morgan fingerprint density at radius 2 is 1.97 bits per heavy atom. The lowest BCUT2D eigenvalue weighted by Gasteiger charge is -2.34. The molecule has 1 aliphatic carbocycles. The Morgan fingerprint density at radius 1 is 1.18 bits per heavy atom. The Labute approximate surface area is 197 Å². The van der Waals surface area contributed by atoms with Gasteiger partial charge in [0, 0.05) is 42.0 Å². The average Bonchev–Trinajstić information content (AvgIpc) is 2.87. The molecule has 3 aromatic rings. The van der Waals surface area contributed by atoms with Crippen molar-refractivity contribution in [2.24, 2.45) is 11.7 Å². The number of aliphatic hydroxyl groups is 1. The van der Waals surface area contributed by atoms with Crippen molar-refractivity contribution in [1.82, 2.24) is 15.3 Å². The molecule has 0 saturated heterocycles. The molecule has 1 saturated carbocycles. The van der Waals surface area contributed by atoms with Gasteiger partial charge in [-0.3, -0.25) is 4.98 Å². The van der Waals surface area contributed by atoms with Gasteiger partial charge in [0.05, 0.1) is 24.2 Å². The third-order valence-corrected chi connectivity index (χ3v) is 6.58. The van der Waals surface area contributed by atoms with Crippen molar-refractivity contribution in [2.75, 3.05) is 13.7 Å². The fraction of sp³-hybridized carbons (Fsp3) is 0.385. The molecule has 1 fully saturated rings. The lowest BCUT2D eigenvalue weighted by atomic mass is 9.79. The number of rotatable bonds is 8. The standard InChI is InChI=1S/C26H30F2N4O2/c1-34-23-11-10-22-25(32-23)20(12-14-31-22)26(33)24(29)16-4-7-19(8-5-16)30-13-2-3-17-15-18(27)6-9-21(17)28/h2-3,6,9-12,14-16,19,24,26,30,33H,4-5,7-8,13,29H2,1H3/t16?,19?,24-,26-/m0/s1. The number of aromatic nitrogens is 2. The third kappa shape index (κ3) is 5.58. The molecule has 2 heterocycles. The van der Waals surface area contributed by atoms with Crippen LogP contribution in [0.3, 0.4) is 0 Å². The SMILES string of the molecule is COc1ccc2nccc([C@H](O)[C@@H](N)C3CCC(NCC=Cc4cc(F)ccc4F)CC3)c2n1. The molecule has 4 rings (SSSR count). The summed E-state index contributed by atoms with van der Waals surface area (Å²) in [5.74, 6) is -0.260. The van der Waals surface area contributed by atoms with E-state index in [0.29, 0.717) is 35.1 Å². The fourth-order valence-corrected chi connectivity index (χ4v) is 4.62. The van der Waals surface area contributed by atoms with E-state index in [2.05, 4.69) is 15.3 Å². The van der Waals surface area contributed by atoms with E-state index in [9.17, 15) is 13.9 Å². The number of nitrogens with two attached hydrogens (primary N) is 1. The van der Waals surface area contributed by atoms with Crippen LogP contribution >= 0.6 is 0 Å². The minimum absolute atomic E-state index is 0.179. The maximum atomic E-state index is 13.7. The molecule has 34 heavy (non-hydrogen) atoms. The number of nitrogens with zero attached hydrogens (tertiary/aromatic N) is 2. The molecule has 180 valence electrons. The average molecular weight is 469 g/mol. The van der Waals surface area contributed by atoms with Crippen molar-refractivity contribution >= 4 is 17.1 Å². The topological polar surface area (TPSA) is 93.3 Å². The van der Waals surface area contributed by atoms with E-state index in [0.717, 1.165) is 37.8 Å². The molecule has 0 aliphatic heterocycles. The molecule has 1 aliphatic rings. The summed E-state index contributed by atoms with van der Waals surface area (Å²) in [7, 11) is 1.55. The highest BCUT2D eigenvalue weighted by Gasteiger charge is 2.31. The number of halogens is 2. The predicted molar refractivity (Wildman–Crippen MR) is 128 cm³/mol. The van der Waals surface area contributed by atoms with E-state index in [-0.39, 0.29) is 11.5 Å². The fourth-order valence-electron chi connectivity index (χ4n) is 4.62. The first-order valence-corrected chi connectivity index (χ1v) is 11.5. The first kappa shape index (κ1) is 24.2. The van der Waals surface area contributed by atoms with Gasteiger partial charge in [0.1, 0.15) is 11.6 Å². The van der Waals surface area contributed by atoms with Gasteiger partial charge < -0.3 is 20.9 Å². The summed E-state index contributed by atoms with van der Waals surface area (Å²) < 4.78 is 32.2. The lowest BCUT2D eigenvalue weighted by molar-refractivity contribution is 0.101. The quantitative estimate of drug-likeness (QED) is 0.460. The minimum Gasteiger partial charge on any atom is -0.481 e. The smallest absolute Gasteiger partial charge is 0.213 e. The second-order valence-corrected chi connectivity index (χ2v) is 8.73. The lowest BCUT2D eigenvalue weighted by Crippen LogP contribution is -2.41. The number of fused-ring (bicyclic) bond motifs is 1. The van der Waals surface area contributed by atoms with Gasteiger partial charge in [-0.2, -0.15) is 0 Å². The zero-order chi connectivity index (χ0) is 24.1. The van der Waals surface area contributed by atoms with Crippen molar-refractivity contribution in [3.63, 3.8) is 0 Å². The van der Waals surface area contributed by atoms with Crippen LogP contribution in [-0.2, 0) is 0 Å². The van der Waals surface area contributed by atoms with Crippen LogP contribution in [0.15, 0.2) is 48.7 Å². The van der Waals surface area contributed by atoms with Gasteiger partial charge in [0.15, 0.2) is 0 Å². The molecule has 0 radical (unpaired) electrons. The second kappa shape index (κ2) is 11.0. The Balaban J connectivity index is 1.31. The first-order valence-electron chi connectivity index (χ1n) is 11.5. The molecular weight excluding hydrogens is 438 g/mol. The maximum Gasteiger partial charge on any atom is 0.213 e. The van der Waals surface area contributed by atoms with Crippen LogP contribution in [0, 0.1) is 17.6 Å². The van der Waals surface area contributed by atoms with Gasteiger partial charge in [0.2, 0.25) is 5.88 Å². The van der Waals surface area contributed by atoms with Crippen LogP contribution in [0.4, 0.5) is 8.78 Å². The van der Waals surface area contributed by atoms with Crippen LogP contribution in [0.5, 0.6) is 5.88 Å². The van der Waals surface area contributed by atoms with Crippen molar-refractivity contribution in [1.29, 1.82) is 0 Å². The molecule has 0 spiro atoms. The third-order valence-electron chi connectivity index (χ3n) is 6.58. The minimum atomic E-state index is -0.858. The van der Waals surface area contributed by atoms with Gasteiger partial charge in [-0.1, -0.05) is 12.2 Å². The molecule has 0 bridgehead atoms. The highest BCUT2D eigenvalue weighted by atomic mass is 19.1. The molecule has 8 heteroatoms. The number of benzene rings is 1. The molecule has 1 aromatic carbocycles. The van der Waals surface area contributed by atoms with Crippen molar-refractivity contribution < 1.29 is 18.6 Å². The molecule has 6 nitrogen and oxygen atoms in total. The van der Waals surface area contributed by atoms with E-state index < -0.39 is 23.8 Å². The molecule has 2 atom stereocenters.